The van der Waals surface area contributed by atoms with Crippen LogP contribution >= 0.6 is 11.8 Å². The number of fused-ring (bicyclic) bond motifs is 1. The Morgan fingerprint density at radius 3 is 2.78 bits per heavy atom. The van der Waals surface area contributed by atoms with Crippen LogP contribution in [0.5, 0.6) is 0 Å². The Kier molecular flexibility index (Phi) is 2.95. The molecule has 0 radical (unpaired) electrons. The van der Waals surface area contributed by atoms with Crippen molar-refractivity contribution in [3.8, 4) is 0 Å². The third-order valence-electron chi connectivity index (χ3n) is 3.93. The van der Waals surface area contributed by atoms with E-state index in [2.05, 4.69) is 11.6 Å². The van der Waals surface area contributed by atoms with E-state index >= 15 is 0 Å². The van der Waals surface area contributed by atoms with E-state index in [4.69, 9.17) is 0 Å². The maximum Gasteiger partial charge on any atom is 0.180 e. The molecule has 0 saturated heterocycles. The van der Waals surface area contributed by atoms with E-state index in [1.807, 2.05) is 23.9 Å². The third kappa shape index (κ3) is 2.08. The number of hydrogen-bond donors (Lipinski definition) is 1. The second-order valence-electron chi connectivity index (χ2n) is 5.14. The van der Waals surface area contributed by atoms with Crippen molar-refractivity contribution in [1.82, 2.24) is 5.32 Å². The molecule has 98 valence electrons. The lowest BCUT2D eigenvalue weighted by Crippen LogP contribution is -2.30. The van der Waals surface area contributed by atoms with Gasteiger partial charge in [-0.05, 0) is 30.7 Å². The van der Waals surface area contributed by atoms with Crippen LogP contribution in [-0.2, 0) is 9.84 Å². The molecule has 1 fully saturated rings. The number of benzene rings is 1. The minimum Gasteiger partial charge on any atom is -0.308 e. The van der Waals surface area contributed by atoms with Crippen molar-refractivity contribution in [1.29, 1.82) is 0 Å². The lowest BCUT2D eigenvalue weighted by atomic mass is 10.1. The van der Waals surface area contributed by atoms with E-state index in [-0.39, 0.29) is 11.8 Å². The van der Waals surface area contributed by atoms with Crippen LogP contribution in [0.4, 0.5) is 0 Å². The first-order valence-electron chi connectivity index (χ1n) is 6.17. The van der Waals surface area contributed by atoms with Gasteiger partial charge in [0.15, 0.2) is 9.84 Å². The molecule has 0 spiro atoms. The molecule has 0 aromatic heterocycles. The summed E-state index contributed by atoms with van der Waals surface area (Å²) in [6.07, 6.45) is 4.61. The molecule has 3 nitrogen and oxygen atoms in total. The van der Waals surface area contributed by atoms with Gasteiger partial charge >= 0.3 is 0 Å². The molecule has 1 aromatic carbocycles. The van der Waals surface area contributed by atoms with Crippen molar-refractivity contribution in [2.45, 2.75) is 28.5 Å². The monoisotopic (exact) mass is 283 g/mol. The summed E-state index contributed by atoms with van der Waals surface area (Å²) in [6, 6.07) is 7.32. The van der Waals surface area contributed by atoms with Crippen LogP contribution in [0.25, 0.3) is 0 Å². The molecule has 1 aliphatic carbocycles. The first-order chi connectivity index (χ1) is 8.56. The van der Waals surface area contributed by atoms with Crippen LogP contribution < -0.4 is 5.32 Å². The molecule has 1 saturated carbocycles. The molecule has 1 unspecified atom stereocenters. The van der Waals surface area contributed by atoms with Crippen molar-refractivity contribution in [3.63, 3.8) is 0 Å². The highest BCUT2D eigenvalue weighted by molar-refractivity contribution is 8.00. The minimum atomic E-state index is -3.08. The molecule has 0 bridgehead atoms. The predicted molar refractivity (Wildman–Crippen MR) is 74.7 cm³/mol. The summed E-state index contributed by atoms with van der Waals surface area (Å²) in [4.78, 5) is 0.511. The lowest BCUT2D eigenvalue weighted by Gasteiger charge is -2.17. The smallest absolute Gasteiger partial charge is 0.180 e. The molecular formula is C13H17NO2S2. The van der Waals surface area contributed by atoms with E-state index in [1.54, 1.807) is 12.1 Å². The van der Waals surface area contributed by atoms with Crippen LogP contribution in [0, 0.1) is 0 Å². The topological polar surface area (TPSA) is 46.2 Å². The predicted octanol–water partition coefficient (Wildman–Crippen LogP) is 2.00. The molecule has 2 aliphatic rings. The van der Waals surface area contributed by atoms with Gasteiger partial charge in [-0.2, -0.15) is 11.8 Å². The van der Waals surface area contributed by atoms with Gasteiger partial charge in [-0.3, -0.25) is 0 Å². The highest BCUT2D eigenvalue weighted by atomic mass is 32.2. The number of sulfone groups is 1. The normalized spacial score (nSPS) is 26.8. The zero-order chi connectivity index (χ0) is 12.8. The lowest BCUT2D eigenvalue weighted by molar-refractivity contribution is 0.559. The number of rotatable bonds is 4. The number of nitrogens with one attached hydrogen (secondary N) is 1. The van der Waals surface area contributed by atoms with Gasteiger partial charge in [0.1, 0.15) is 0 Å². The molecule has 0 amide bonds. The summed E-state index contributed by atoms with van der Waals surface area (Å²) in [7, 11) is -3.08. The Balaban J connectivity index is 1.79. The number of hydrogen-bond acceptors (Lipinski definition) is 4. The van der Waals surface area contributed by atoms with E-state index in [1.165, 1.54) is 12.8 Å². The van der Waals surface area contributed by atoms with Gasteiger partial charge in [-0.1, -0.05) is 18.2 Å². The second-order valence-corrected chi connectivity index (χ2v) is 8.42. The Morgan fingerprint density at radius 2 is 2.11 bits per heavy atom. The molecule has 1 N–H and O–H groups in total. The maximum atomic E-state index is 12.0. The van der Waals surface area contributed by atoms with Crippen molar-refractivity contribution in [2.24, 2.45) is 0 Å². The Labute approximate surface area is 112 Å². The van der Waals surface area contributed by atoms with Gasteiger partial charge in [0, 0.05) is 17.3 Å². The number of thioether (sulfide) groups is 1. The van der Waals surface area contributed by atoms with Gasteiger partial charge in [0.25, 0.3) is 0 Å². The molecular weight excluding hydrogens is 266 g/mol. The van der Waals surface area contributed by atoms with E-state index in [9.17, 15) is 8.42 Å². The van der Waals surface area contributed by atoms with Crippen molar-refractivity contribution in [3.05, 3.63) is 29.8 Å². The molecule has 3 rings (SSSR count). The van der Waals surface area contributed by atoms with E-state index < -0.39 is 9.84 Å². The van der Waals surface area contributed by atoms with Gasteiger partial charge in [-0.15, -0.1) is 0 Å². The Morgan fingerprint density at radius 1 is 1.39 bits per heavy atom. The third-order valence-corrected chi connectivity index (χ3v) is 7.16. The summed E-state index contributed by atoms with van der Waals surface area (Å²) < 4.78 is 24.4. The molecule has 1 atom stereocenters. The molecule has 1 aliphatic heterocycles. The quantitative estimate of drug-likeness (QED) is 0.918. The van der Waals surface area contributed by atoms with Crippen LogP contribution in [0.2, 0.25) is 0 Å². The van der Waals surface area contributed by atoms with E-state index in [0.29, 0.717) is 9.64 Å². The van der Waals surface area contributed by atoms with Crippen molar-refractivity contribution < 1.29 is 8.42 Å². The highest BCUT2D eigenvalue weighted by Gasteiger charge is 2.43. The first kappa shape index (κ1) is 12.5. The summed E-state index contributed by atoms with van der Waals surface area (Å²) in [6.45, 7) is 0.905. The fourth-order valence-corrected chi connectivity index (χ4v) is 5.03. The van der Waals surface area contributed by atoms with Gasteiger partial charge in [-0.25, -0.2) is 8.42 Å². The first-order valence-corrected chi connectivity index (χ1v) is 9.04. The summed E-state index contributed by atoms with van der Waals surface area (Å²) in [5.41, 5.74) is 0.939. The van der Waals surface area contributed by atoms with Gasteiger partial charge < -0.3 is 5.32 Å². The molecule has 1 heterocycles. The zero-order valence-corrected chi connectivity index (χ0v) is 12.0. The Hall–Kier alpha value is -0.520. The molecule has 18 heavy (non-hydrogen) atoms. The molecule has 1 aromatic rings. The second kappa shape index (κ2) is 4.25. The zero-order valence-electron chi connectivity index (χ0n) is 10.3. The van der Waals surface area contributed by atoms with Crippen LogP contribution in [0.3, 0.4) is 0 Å². The fraction of sp³-hybridized carbons (Fsp3) is 0.538. The fourth-order valence-electron chi connectivity index (χ4n) is 2.52. The van der Waals surface area contributed by atoms with Crippen LogP contribution in [-0.4, -0.2) is 31.7 Å². The van der Waals surface area contributed by atoms with Crippen molar-refractivity contribution >= 4 is 21.6 Å². The average Bonchev–Trinajstić information content (AvgIpc) is 3.10. The molecule has 5 heteroatoms. The highest BCUT2D eigenvalue weighted by Crippen LogP contribution is 2.47. The SMILES string of the molecule is CSC1(CNC2CS(=O)(=O)c3ccccc32)CC1. The van der Waals surface area contributed by atoms with Gasteiger partial charge in [0.2, 0.25) is 0 Å². The van der Waals surface area contributed by atoms with Gasteiger partial charge in [0.05, 0.1) is 10.6 Å². The van der Waals surface area contributed by atoms with E-state index in [0.717, 1.165) is 12.1 Å². The Bertz CT molecular complexity index is 564. The average molecular weight is 283 g/mol. The largest absolute Gasteiger partial charge is 0.308 e. The van der Waals surface area contributed by atoms with Crippen LogP contribution in [0.15, 0.2) is 29.2 Å². The van der Waals surface area contributed by atoms with Crippen molar-refractivity contribution in [2.75, 3.05) is 18.6 Å². The summed E-state index contributed by atoms with van der Waals surface area (Å²) >= 11 is 1.89. The summed E-state index contributed by atoms with van der Waals surface area (Å²) in [5, 5.41) is 3.45. The minimum absolute atomic E-state index is 0.0316. The maximum absolute atomic E-state index is 12.0. The van der Waals surface area contributed by atoms with Crippen LogP contribution in [0.1, 0.15) is 24.4 Å². The standard InChI is InChI=1S/C13H17NO2S2/c1-17-13(6-7-13)9-14-11-8-18(15,16)12-5-3-2-4-10(11)12/h2-5,11,14H,6-9H2,1H3. The summed E-state index contributed by atoms with van der Waals surface area (Å²) in [5.74, 6) is 0.205.